The molecular formula is C9H12ClN3O3S. The molecule has 1 aromatic heterocycles. The molecule has 0 saturated heterocycles. The van der Waals surface area contributed by atoms with Crippen molar-refractivity contribution in [1.29, 1.82) is 0 Å². The van der Waals surface area contributed by atoms with Crippen molar-refractivity contribution in [3.63, 3.8) is 0 Å². The average Bonchev–Trinajstić information content (AvgIpc) is 2.28. The summed E-state index contributed by atoms with van der Waals surface area (Å²) in [4.78, 5) is 17.9. The number of thioether (sulfide) groups is 1. The van der Waals surface area contributed by atoms with Gasteiger partial charge in [0.2, 0.25) is 5.15 Å². The van der Waals surface area contributed by atoms with E-state index in [4.69, 9.17) is 16.3 Å². The van der Waals surface area contributed by atoms with Gasteiger partial charge in [-0.15, -0.1) is 0 Å². The second-order valence-electron chi connectivity index (χ2n) is 3.11. The molecule has 0 aromatic carbocycles. The summed E-state index contributed by atoms with van der Waals surface area (Å²) in [5, 5.41) is 11.0. The third kappa shape index (κ3) is 3.71. The van der Waals surface area contributed by atoms with Crippen molar-refractivity contribution in [1.82, 2.24) is 9.97 Å². The Hall–Kier alpha value is -1.08. The molecule has 8 heteroatoms. The smallest absolute Gasteiger partial charge is 0.367 e. The van der Waals surface area contributed by atoms with Gasteiger partial charge in [0.1, 0.15) is 0 Å². The van der Waals surface area contributed by atoms with Crippen LogP contribution in [0, 0.1) is 10.1 Å². The summed E-state index contributed by atoms with van der Waals surface area (Å²) in [5.41, 5.74) is -0.374. The molecule has 0 bridgehead atoms. The predicted molar refractivity (Wildman–Crippen MR) is 65.9 cm³/mol. The lowest BCUT2D eigenvalue weighted by Crippen LogP contribution is -2.05. The molecule has 1 rings (SSSR count). The zero-order valence-corrected chi connectivity index (χ0v) is 11.0. The summed E-state index contributed by atoms with van der Waals surface area (Å²) in [6, 6.07) is 0. The van der Waals surface area contributed by atoms with E-state index in [-0.39, 0.29) is 16.7 Å². The van der Waals surface area contributed by atoms with Crippen molar-refractivity contribution in [3.05, 3.63) is 15.3 Å². The summed E-state index contributed by atoms with van der Waals surface area (Å²) in [6.07, 6.45) is 3.49. The van der Waals surface area contributed by atoms with Crippen molar-refractivity contribution >= 4 is 29.1 Å². The molecule has 94 valence electrons. The molecule has 0 amide bonds. The maximum atomic E-state index is 10.8. The number of hydrogen-bond acceptors (Lipinski definition) is 6. The molecule has 6 nitrogen and oxygen atoms in total. The first-order valence-electron chi connectivity index (χ1n) is 4.98. The van der Waals surface area contributed by atoms with Gasteiger partial charge in [-0.1, -0.05) is 36.7 Å². The monoisotopic (exact) mass is 277 g/mol. The largest absolute Gasteiger partial charge is 0.473 e. The summed E-state index contributed by atoms with van der Waals surface area (Å²) in [5.74, 6) is -0.0622. The van der Waals surface area contributed by atoms with Crippen LogP contribution in [0.2, 0.25) is 5.15 Å². The van der Waals surface area contributed by atoms with Crippen LogP contribution in [0.25, 0.3) is 0 Å². The summed E-state index contributed by atoms with van der Waals surface area (Å²) in [6.45, 7) is 2.37. The first-order valence-corrected chi connectivity index (χ1v) is 6.59. The summed E-state index contributed by atoms with van der Waals surface area (Å²) in [7, 11) is 0. The van der Waals surface area contributed by atoms with Crippen LogP contribution in [0.3, 0.4) is 0 Å². The van der Waals surface area contributed by atoms with Crippen LogP contribution in [0.4, 0.5) is 5.69 Å². The van der Waals surface area contributed by atoms with Gasteiger partial charge in [-0.25, -0.2) is 4.98 Å². The van der Waals surface area contributed by atoms with Gasteiger partial charge in [-0.2, -0.15) is 4.98 Å². The van der Waals surface area contributed by atoms with E-state index in [0.717, 1.165) is 12.8 Å². The lowest BCUT2D eigenvalue weighted by atomic mass is 10.4. The normalized spacial score (nSPS) is 10.3. The third-order valence-corrected chi connectivity index (χ3v) is 2.70. The van der Waals surface area contributed by atoms with Crippen LogP contribution >= 0.6 is 23.4 Å². The van der Waals surface area contributed by atoms with Crippen LogP contribution < -0.4 is 4.74 Å². The van der Waals surface area contributed by atoms with E-state index in [1.165, 1.54) is 11.8 Å². The van der Waals surface area contributed by atoms with Crippen LogP contribution in [0.5, 0.6) is 5.88 Å². The van der Waals surface area contributed by atoms with E-state index >= 15 is 0 Å². The minimum absolute atomic E-state index is 0.0622. The van der Waals surface area contributed by atoms with Gasteiger partial charge in [0.05, 0.1) is 11.5 Å². The van der Waals surface area contributed by atoms with Gasteiger partial charge in [0.25, 0.3) is 5.88 Å². The van der Waals surface area contributed by atoms with E-state index in [0.29, 0.717) is 11.8 Å². The van der Waals surface area contributed by atoms with Gasteiger partial charge in [-0.05, 0) is 12.7 Å². The Balaban J connectivity index is 3.04. The molecule has 0 atom stereocenters. The molecule has 0 aliphatic rings. The van der Waals surface area contributed by atoms with Gasteiger partial charge in [0.15, 0.2) is 5.16 Å². The number of hydrogen-bond donors (Lipinski definition) is 0. The number of nitro groups is 1. The second kappa shape index (κ2) is 6.61. The Morgan fingerprint density at radius 2 is 2.24 bits per heavy atom. The number of nitrogens with zero attached hydrogens (tertiary/aromatic N) is 3. The van der Waals surface area contributed by atoms with Crippen LogP contribution in [0.15, 0.2) is 5.16 Å². The van der Waals surface area contributed by atoms with Crippen molar-refractivity contribution in [2.75, 3.05) is 12.9 Å². The van der Waals surface area contributed by atoms with E-state index < -0.39 is 4.92 Å². The number of ether oxygens (including phenoxy) is 1. The van der Waals surface area contributed by atoms with E-state index in [2.05, 4.69) is 9.97 Å². The number of halogens is 1. The molecule has 0 saturated carbocycles. The van der Waals surface area contributed by atoms with Gasteiger partial charge in [0, 0.05) is 0 Å². The standard InChI is InChI=1S/C9H12ClN3O3S/c1-3-4-5-16-8-6(13(14)15)7(10)11-9(12-8)17-2/h3-5H2,1-2H3. The number of rotatable bonds is 6. The van der Waals surface area contributed by atoms with Crippen LogP contribution in [0.1, 0.15) is 19.8 Å². The maximum Gasteiger partial charge on any atom is 0.367 e. The van der Waals surface area contributed by atoms with Crippen molar-refractivity contribution in [2.24, 2.45) is 0 Å². The van der Waals surface area contributed by atoms with E-state index in [1.807, 2.05) is 6.92 Å². The summed E-state index contributed by atoms with van der Waals surface area (Å²) < 4.78 is 5.27. The fraction of sp³-hybridized carbons (Fsp3) is 0.556. The van der Waals surface area contributed by atoms with Crippen LogP contribution in [-0.4, -0.2) is 27.8 Å². The highest BCUT2D eigenvalue weighted by Gasteiger charge is 2.24. The molecule has 0 spiro atoms. The zero-order chi connectivity index (χ0) is 12.8. The van der Waals surface area contributed by atoms with Crippen molar-refractivity contribution < 1.29 is 9.66 Å². The number of unbranched alkanes of at least 4 members (excludes halogenated alkanes) is 1. The average molecular weight is 278 g/mol. The van der Waals surface area contributed by atoms with E-state index in [1.54, 1.807) is 6.26 Å². The lowest BCUT2D eigenvalue weighted by molar-refractivity contribution is -0.386. The van der Waals surface area contributed by atoms with Gasteiger partial charge >= 0.3 is 5.69 Å². The molecule has 0 fully saturated rings. The predicted octanol–water partition coefficient (Wildman–Crippen LogP) is 2.94. The molecular weight excluding hydrogens is 266 g/mol. The minimum atomic E-state index is -0.631. The molecule has 0 N–H and O–H groups in total. The Labute approximate surface area is 108 Å². The fourth-order valence-electron chi connectivity index (χ4n) is 1.05. The zero-order valence-electron chi connectivity index (χ0n) is 9.47. The van der Waals surface area contributed by atoms with Crippen molar-refractivity contribution in [3.8, 4) is 5.88 Å². The topological polar surface area (TPSA) is 78.2 Å². The highest BCUT2D eigenvalue weighted by molar-refractivity contribution is 7.98. The molecule has 0 aliphatic carbocycles. The van der Waals surface area contributed by atoms with Crippen molar-refractivity contribution in [2.45, 2.75) is 24.9 Å². The first kappa shape index (κ1) is 14.0. The van der Waals surface area contributed by atoms with Crippen LogP contribution in [-0.2, 0) is 0 Å². The number of aromatic nitrogens is 2. The first-order chi connectivity index (χ1) is 8.10. The molecule has 17 heavy (non-hydrogen) atoms. The van der Waals surface area contributed by atoms with Gasteiger partial charge in [-0.3, -0.25) is 10.1 Å². The second-order valence-corrected chi connectivity index (χ2v) is 4.25. The molecule has 1 heterocycles. The highest BCUT2D eigenvalue weighted by Crippen LogP contribution is 2.33. The minimum Gasteiger partial charge on any atom is -0.473 e. The van der Waals surface area contributed by atoms with E-state index in [9.17, 15) is 10.1 Å². The van der Waals surface area contributed by atoms with Gasteiger partial charge < -0.3 is 4.74 Å². The Morgan fingerprint density at radius 3 is 2.76 bits per heavy atom. The third-order valence-electron chi connectivity index (χ3n) is 1.89. The fourth-order valence-corrected chi connectivity index (χ4v) is 1.69. The Kier molecular flexibility index (Phi) is 5.43. The molecule has 1 aromatic rings. The molecule has 0 radical (unpaired) electrons. The molecule has 0 unspecified atom stereocenters. The summed E-state index contributed by atoms with van der Waals surface area (Å²) >= 11 is 6.98. The Morgan fingerprint density at radius 1 is 1.53 bits per heavy atom. The highest BCUT2D eigenvalue weighted by atomic mass is 35.5. The Bertz CT molecular complexity index is 417. The maximum absolute atomic E-state index is 10.8. The quantitative estimate of drug-likeness (QED) is 0.199. The molecule has 0 aliphatic heterocycles. The SMILES string of the molecule is CCCCOc1nc(SC)nc(Cl)c1[N+](=O)[O-]. The lowest BCUT2D eigenvalue weighted by Gasteiger charge is -2.06.